The van der Waals surface area contributed by atoms with Gasteiger partial charge in [0.05, 0.1) is 0 Å². The smallest absolute Gasteiger partial charge is 0.306 e. The molecule has 68 heavy (non-hydrogen) atoms. The summed E-state index contributed by atoms with van der Waals surface area (Å²) in [4.78, 5) is 38.1. The molecule has 0 aromatic heterocycles. The van der Waals surface area contributed by atoms with Gasteiger partial charge in [-0.2, -0.15) is 0 Å². The maximum absolute atomic E-state index is 12.8. The topological polar surface area (TPSA) is 78.9 Å². The Morgan fingerprint density at radius 2 is 0.647 bits per heavy atom. The number of esters is 3. The zero-order valence-corrected chi connectivity index (χ0v) is 44.6. The van der Waals surface area contributed by atoms with Crippen molar-refractivity contribution >= 4 is 17.9 Å². The number of allylic oxidation sites excluding steroid dienone is 14. The molecule has 0 spiro atoms. The van der Waals surface area contributed by atoms with E-state index in [1.54, 1.807) is 0 Å². The zero-order valence-electron chi connectivity index (χ0n) is 44.6. The molecule has 0 aliphatic carbocycles. The van der Waals surface area contributed by atoms with E-state index in [0.717, 1.165) is 103 Å². The van der Waals surface area contributed by atoms with Crippen LogP contribution in [0.4, 0.5) is 0 Å². The van der Waals surface area contributed by atoms with Crippen molar-refractivity contribution < 1.29 is 28.6 Å². The highest BCUT2D eigenvalue weighted by Crippen LogP contribution is 2.16. The summed E-state index contributed by atoms with van der Waals surface area (Å²) in [5, 5.41) is 0. The van der Waals surface area contributed by atoms with Crippen LogP contribution >= 0.6 is 0 Å². The lowest BCUT2D eigenvalue weighted by atomic mass is 10.0. The van der Waals surface area contributed by atoms with Crippen LogP contribution in [-0.2, 0) is 28.6 Å². The van der Waals surface area contributed by atoms with Gasteiger partial charge in [0, 0.05) is 19.3 Å². The van der Waals surface area contributed by atoms with E-state index in [2.05, 4.69) is 106 Å². The van der Waals surface area contributed by atoms with Crippen molar-refractivity contribution in [1.82, 2.24) is 0 Å². The van der Waals surface area contributed by atoms with Gasteiger partial charge in [0.1, 0.15) is 13.2 Å². The predicted octanol–water partition coefficient (Wildman–Crippen LogP) is 19.2. The summed E-state index contributed by atoms with van der Waals surface area (Å²) in [6.07, 6.45) is 72.9. The molecule has 1 unspecified atom stereocenters. The maximum Gasteiger partial charge on any atom is 0.306 e. The quantitative estimate of drug-likeness (QED) is 0.0199. The first-order valence-electron chi connectivity index (χ1n) is 28.6. The van der Waals surface area contributed by atoms with E-state index < -0.39 is 6.10 Å². The van der Waals surface area contributed by atoms with Crippen LogP contribution in [0, 0.1) is 0 Å². The summed E-state index contributed by atoms with van der Waals surface area (Å²) in [6, 6.07) is 0. The van der Waals surface area contributed by atoms with Gasteiger partial charge in [-0.1, -0.05) is 260 Å². The Bertz CT molecular complexity index is 1320. The molecular formula is C62H106O6. The Labute approximate surface area is 420 Å². The van der Waals surface area contributed by atoms with E-state index in [9.17, 15) is 14.4 Å². The van der Waals surface area contributed by atoms with E-state index in [4.69, 9.17) is 14.2 Å². The summed E-state index contributed by atoms with van der Waals surface area (Å²) in [5.74, 6) is -0.928. The zero-order chi connectivity index (χ0) is 49.3. The van der Waals surface area contributed by atoms with Gasteiger partial charge >= 0.3 is 17.9 Å². The minimum absolute atomic E-state index is 0.0917. The molecule has 0 N–H and O–H groups in total. The Kier molecular flexibility index (Phi) is 53.4. The molecule has 390 valence electrons. The second-order valence-electron chi connectivity index (χ2n) is 18.9. The molecule has 0 saturated carbocycles. The van der Waals surface area contributed by atoms with Crippen LogP contribution in [0.3, 0.4) is 0 Å². The molecule has 6 heteroatoms. The van der Waals surface area contributed by atoms with Crippen molar-refractivity contribution in [2.75, 3.05) is 13.2 Å². The molecule has 0 aromatic rings. The highest BCUT2D eigenvalue weighted by atomic mass is 16.6. The van der Waals surface area contributed by atoms with Gasteiger partial charge in [-0.3, -0.25) is 14.4 Å². The van der Waals surface area contributed by atoms with Crippen molar-refractivity contribution in [3.8, 4) is 0 Å². The molecule has 0 aliphatic heterocycles. The molecule has 0 aliphatic rings. The summed E-state index contributed by atoms with van der Waals surface area (Å²) >= 11 is 0. The second kappa shape index (κ2) is 56.2. The van der Waals surface area contributed by atoms with Crippen LogP contribution in [0.25, 0.3) is 0 Å². The van der Waals surface area contributed by atoms with Gasteiger partial charge in [-0.15, -0.1) is 0 Å². The lowest BCUT2D eigenvalue weighted by Crippen LogP contribution is -2.30. The van der Waals surface area contributed by atoms with Crippen molar-refractivity contribution in [3.63, 3.8) is 0 Å². The van der Waals surface area contributed by atoms with Crippen molar-refractivity contribution in [1.29, 1.82) is 0 Å². The van der Waals surface area contributed by atoms with Crippen LogP contribution in [0.5, 0.6) is 0 Å². The molecule has 6 nitrogen and oxygen atoms in total. The summed E-state index contributed by atoms with van der Waals surface area (Å²) in [6.45, 7) is 6.38. The van der Waals surface area contributed by atoms with Crippen molar-refractivity contribution in [2.24, 2.45) is 0 Å². The summed E-state index contributed by atoms with van der Waals surface area (Å²) < 4.78 is 16.8. The SMILES string of the molecule is CC\C=C/C=C\C=C/CCCCCCCCCC(=O)OCC(COC(=O)CCCCCCCCCCCCCCCCCCCCC)OC(=O)CCCCC/C=C\C/C=C\C/C=C\C/C=C\CC. The molecule has 0 bridgehead atoms. The number of ether oxygens (including phenoxy) is 3. The van der Waals surface area contributed by atoms with Gasteiger partial charge in [-0.25, -0.2) is 0 Å². The van der Waals surface area contributed by atoms with Crippen molar-refractivity contribution in [3.05, 3.63) is 85.1 Å². The first-order valence-corrected chi connectivity index (χ1v) is 28.6. The van der Waals surface area contributed by atoms with Crippen LogP contribution in [0.15, 0.2) is 85.1 Å². The first kappa shape index (κ1) is 64.6. The standard InChI is InChI=1S/C62H106O6/c1-4-7-10-13-16-19-22-25-28-30-31-32-35-37-40-43-46-49-52-55-61(64)67-58-59(57-66-60(63)54-51-48-45-42-39-36-33-27-24-21-18-15-12-9-6-3)68-62(65)56-53-50-47-44-41-38-34-29-26-23-20-17-14-11-8-5-2/h8-9,11-12,15,17-18,20-21,24,26,29,38,41,59H,4-7,10,13-14,16,19,22-23,25,27-28,30-37,39-40,42-58H2,1-3H3/b11-8-,12-9-,18-15-,20-17-,24-21-,29-26-,41-38-. The molecule has 0 saturated heterocycles. The number of hydrogen-bond acceptors (Lipinski definition) is 6. The molecule has 0 aromatic carbocycles. The normalized spacial score (nSPS) is 12.7. The molecule has 0 radical (unpaired) electrons. The first-order chi connectivity index (χ1) is 33.5. The molecular weight excluding hydrogens is 841 g/mol. The molecule has 0 fully saturated rings. The number of hydrogen-bond donors (Lipinski definition) is 0. The van der Waals surface area contributed by atoms with Crippen molar-refractivity contribution in [2.45, 2.75) is 277 Å². The Morgan fingerprint density at radius 1 is 0.324 bits per heavy atom. The van der Waals surface area contributed by atoms with E-state index in [0.29, 0.717) is 12.8 Å². The van der Waals surface area contributed by atoms with Gasteiger partial charge in [0.25, 0.3) is 0 Å². The minimum Gasteiger partial charge on any atom is -0.462 e. The highest BCUT2D eigenvalue weighted by molar-refractivity contribution is 5.71. The minimum atomic E-state index is -0.798. The third kappa shape index (κ3) is 53.5. The lowest BCUT2D eigenvalue weighted by Gasteiger charge is -2.18. The monoisotopic (exact) mass is 947 g/mol. The largest absolute Gasteiger partial charge is 0.462 e. The predicted molar refractivity (Wildman–Crippen MR) is 293 cm³/mol. The van der Waals surface area contributed by atoms with E-state index in [1.807, 2.05) is 0 Å². The molecule has 1 atom stereocenters. The number of rotatable bonds is 51. The number of carbonyl (C=O) groups is 3. The fourth-order valence-electron chi connectivity index (χ4n) is 7.96. The Morgan fingerprint density at radius 3 is 1.07 bits per heavy atom. The van der Waals surface area contributed by atoms with Crippen LogP contribution in [-0.4, -0.2) is 37.2 Å². The molecule has 0 heterocycles. The summed E-state index contributed by atoms with van der Waals surface area (Å²) in [5.41, 5.74) is 0. The van der Waals surface area contributed by atoms with Crippen LogP contribution in [0.2, 0.25) is 0 Å². The van der Waals surface area contributed by atoms with Crippen LogP contribution < -0.4 is 0 Å². The fraction of sp³-hybridized carbons (Fsp3) is 0.726. The van der Waals surface area contributed by atoms with Gasteiger partial charge in [0.2, 0.25) is 0 Å². The van der Waals surface area contributed by atoms with E-state index in [-0.39, 0.29) is 37.5 Å². The number of unbranched alkanes of at least 4 members (excludes halogenated alkanes) is 28. The lowest BCUT2D eigenvalue weighted by molar-refractivity contribution is -0.167. The fourth-order valence-corrected chi connectivity index (χ4v) is 7.96. The van der Waals surface area contributed by atoms with Gasteiger partial charge in [0.15, 0.2) is 6.10 Å². The van der Waals surface area contributed by atoms with E-state index in [1.165, 1.54) is 128 Å². The average molecular weight is 948 g/mol. The average Bonchev–Trinajstić information content (AvgIpc) is 3.34. The highest BCUT2D eigenvalue weighted by Gasteiger charge is 2.19. The third-order valence-electron chi connectivity index (χ3n) is 12.2. The second-order valence-corrected chi connectivity index (χ2v) is 18.9. The Balaban J connectivity index is 4.41. The van der Waals surface area contributed by atoms with Gasteiger partial charge in [-0.05, 0) is 77.0 Å². The number of carbonyl (C=O) groups excluding carboxylic acids is 3. The molecule has 0 amide bonds. The molecule has 0 rings (SSSR count). The maximum atomic E-state index is 12.8. The van der Waals surface area contributed by atoms with Crippen LogP contribution in [0.1, 0.15) is 271 Å². The van der Waals surface area contributed by atoms with E-state index >= 15 is 0 Å². The van der Waals surface area contributed by atoms with Gasteiger partial charge < -0.3 is 14.2 Å². The third-order valence-corrected chi connectivity index (χ3v) is 12.2. The Hall–Kier alpha value is -3.41. The summed E-state index contributed by atoms with van der Waals surface area (Å²) in [7, 11) is 0.